The number of aryl methyl sites for hydroxylation is 1. The van der Waals surface area contributed by atoms with Crippen LogP contribution < -0.4 is 10.2 Å². The zero-order chi connectivity index (χ0) is 22.6. The molecule has 0 radical (unpaired) electrons. The van der Waals surface area contributed by atoms with E-state index < -0.39 is 17.4 Å². The molecule has 5 rings (SSSR count). The minimum Gasteiger partial charge on any atom is -0.322 e. The van der Waals surface area contributed by atoms with Crippen molar-refractivity contribution in [2.24, 2.45) is 7.05 Å². The average molecular weight is 433 g/mol. The number of carbonyl (C=O) groups excluding carboxylic acids is 3. The van der Waals surface area contributed by atoms with E-state index in [1.807, 2.05) is 6.07 Å². The lowest BCUT2D eigenvalue weighted by Gasteiger charge is -2.47. The van der Waals surface area contributed by atoms with Crippen LogP contribution in [0.4, 0.5) is 15.8 Å². The molecule has 2 aliphatic rings. The van der Waals surface area contributed by atoms with Gasteiger partial charge in [0.1, 0.15) is 5.82 Å². The van der Waals surface area contributed by atoms with Gasteiger partial charge in [0, 0.05) is 44.4 Å². The standard InChI is InChI=1S/C23H20FN5O3/c1-27-11-9-18(26-27)14-6-7-17-19(12-14)29-20(30)8-10-23(29,28(2)21(17)31)22(32)25-16-5-3-4-15(24)13-16/h3-7,9,11-13H,8,10H2,1-2H3,(H,25,32). The molecule has 1 saturated heterocycles. The van der Waals surface area contributed by atoms with Gasteiger partial charge in [-0.05, 0) is 36.4 Å². The summed E-state index contributed by atoms with van der Waals surface area (Å²) in [5.74, 6) is -1.71. The molecule has 8 nitrogen and oxygen atoms in total. The third-order valence-corrected chi connectivity index (χ3v) is 6.09. The molecular weight excluding hydrogens is 413 g/mol. The van der Waals surface area contributed by atoms with Crippen molar-refractivity contribution in [2.45, 2.75) is 18.5 Å². The third-order valence-electron chi connectivity index (χ3n) is 6.09. The van der Waals surface area contributed by atoms with Crippen molar-refractivity contribution in [3.63, 3.8) is 0 Å². The predicted octanol–water partition coefficient (Wildman–Crippen LogP) is 2.77. The van der Waals surface area contributed by atoms with Gasteiger partial charge in [-0.1, -0.05) is 12.1 Å². The molecule has 3 aromatic rings. The topological polar surface area (TPSA) is 87.5 Å². The summed E-state index contributed by atoms with van der Waals surface area (Å²) in [5, 5.41) is 7.07. The Morgan fingerprint density at radius 1 is 1.12 bits per heavy atom. The van der Waals surface area contributed by atoms with Gasteiger partial charge in [-0.15, -0.1) is 0 Å². The fourth-order valence-corrected chi connectivity index (χ4v) is 4.50. The molecule has 0 saturated carbocycles. The Labute approximate surface area is 183 Å². The molecule has 162 valence electrons. The highest BCUT2D eigenvalue weighted by atomic mass is 19.1. The molecule has 1 atom stereocenters. The second-order valence-corrected chi connectivity index (χ2v) is 7.98. The van der Waals surface area contributed by atoms with Crippen LogP contribution in [0.3, 0.4) is 0 Å². The van der Waals surface area contributed by atoms with Crippen LogP contribution in [0, 0.1) is 5.82 Å². The van der Waals surface area contributed by atoms with E-state index >= 15 is 0 Å². The fraction of sp³-hybridized carbons (Fsp3) is 0.217. The summed E-state index contributed by atoms with van der Waals surface area (Å²) in [7, 11) is 3.31. The number of rotatable bonds is 3. The Kier molecular flexibility index (Phi) is 4.37. The average Bonchev–Trinajstić information content (AvgIpc) is 3.36. The number of halogens is 1. The van der Waals surface area contributed by atoms with Gasteiger partial charge in [-0.25, -0.2) is 4.39 Å². The zero-order valence-corrected chi connectivity index (χ0v) is 17.5. The van der Waals surface area contributed by atoms with Crippen molar-refractivity contribution in [3.8, 4) is 11.3 Å². The Morgan fingerprint density at radius 2 is 1.94 bits per heavy atom. The summed E-state index contributed by atoms with van der Waals surface area (Å²) in [6.07, 6.45) is 2.02. The molecule has 2 aliphatic heterocycles. The number of carbonyl (C=O) groups is 3. The summed E-state index contributed by atoms with van der Waals surface area (Å²) in [5.41, 5.74) is 0.808. The smallest absolute Gasteiger partial charge is 0.271 e. The van der Waals surface area contributed by atoms with Gasteiger partial charge in [-0.2, -0.15) is 5.10 Å². The van der Waals surface area contributed by atoms with Crippen LogP contribution in [0.1, 0.15) is 23.2 Å². The van der Waals surface area contributed by atoms with Gasteiger partial charge < -0.3 is 10.2 Å². The molecule has 1 aromatic heterocycles. The first kappa shape index (κ1) is 19.9. The number of anilines is 2. The molecule has 3 heterocycles. The van der Waals surface area contributed by atoms with Crippen molar-refractivity contribution < 1.29 is 18.8 Å². The first-order chi connectivity index (χ1) is 15.3. The first-order valence-electron chi connectivity index (χ1n) is 10.1. The summed E-state index contributed by atoms with van der Waals surface area (Å²) in [6, 6.07) is 12.5. The third kappa shape index (κ3) is 2.81. The molecule has 2 aromatic carbocycles. The lowest BCUT2D eigenvalue weighted by Crippen LogP contribution is -2.68. The fourth-order valence-electron chi connectivity index (χ4n) is 4.50. The molecule has 0 aliphatic carbocycles. The molecule has 9 heteroatoms. The molecule has 3 amide bonds. The molecular formula is C23H20FN5O3. The molecule has 1 N–H and O–H groups in total. The second-order valence-electron chi connectivity index (χ2n) is 7.98. The first-order valence-corrected chi connectivity index (χ1v) is 10.1. The zero-order valence-electron chi connectivity index (χ0n) is 17.5. The minimum atomic E-state index is -1.55. The quantitative estimate of drug-likeness (QED) is 0.688. The number of hydrogen-bond acceptors (Lipinski definition) is 4. The number of benzene rings is 2. The lowest BCUT2D eigenvalue weighted by atomic mass is 9.94. The highest BCUT2D eigenvalue weighted by Crippen LogP contribution is 2.45. The predicted molar refractivity (Wildman–Crippen MR) is 115 cm³/mol. The number of nitrogens with zero attached hydrogens (tertiary/aromatic N) is 4. The van der Waals surface area contributed by atoms with E-state index in [1.165, 1.54) is 35.0 Å². The largest absolute Gasteiger partial charge is 0.322 e. The molecule has 1 unspecified atom stereocenters. The maximum Gasteiger partial charge on any atom is 0.271 e. The van der Waals surface area contributed by atoms with Gasteiger partial charge in [0.25, 0.3) is 11.8 Å². The Bertz CT molecular complexity index is 1290. The number of nitrogens with one attached hydrogen (secondary N) is 1. The van der Waals surface area contributed by atoms with E-state index in [4.69, 9.17) is 0 Å². The number of likely N-dealkylation sites (N-methyl/N-ethyl adjacent to an activating group) is 1. The Balaban J connectivity index is 1.62. The monoisotopic (exact) mass is 433 g/mol. The van der Waals surface area contributed by atoms with E-state index in [0.717, 1.165) is 5.56 Å². The minimum absolute atomic E-state index is 0.0987. The van der Waals surface area contributed by atoms with Crippen LogP contribution in [0.2, 0.25) is 0 Å². The highest BCUT2D eigenvalue weighted by molar-refractivity contribution is 6.18. The SMILES string of the molecule is CN1C(=O)c2ccc(-c3ccn(C)n3)cc2N2C(=O)CCC12C(=O)Nc1cccc(F)c1. The second kappa shape index (κ2) is 7.01. The van der Waals surface area contributed by atoms with Crippen molar-refractivity contribution in [3.05, 3.63) is 66.1 Å². The van der Waals surface area contributed by atoms with Crippen LogP contribution in [-0.2, 0) is 16.6 Å². The van der Waals surface area contributed by atoms with Crippen LogP contribution in [-0.4, -0.2) is 45.1 Å². The normalized spacial score (nSPS) is 19.7. The van der Waals surface area contributed by atoms with Crippen molar-refractivity contribution in [2.75, 3.05) is 17.3 Å². The van der Waals surface area contributed by atoms with Gasteiger partial charge in [0.15, 0.2) is 0 Å². The van der Waals surface area contributed by atoms with Gasteiger partial charge >= 0.3 is 0 Å². The van der Waals surface area contributed by atoms with E-state index in [0.29, 0.717) is 16.9 Å². The van der Waals surface area contributed by atoms with E-state index in [-0.39, 0.29) is 30.3 Å². The van der Waals surface area contributed by atoms with Crippen LogP contribution >= 0.6 is 0 Å². The number of aromatic nitrogens is 2. The van der Waals surface area contributed by atoms with Crippen molar-refractivity contribution in [1.29, 1.82) is 0 Å². The number of amides is 3. The summed E-state index contributed by atoms with van der Waals surface area (Å²) in [6.45, 7) is 0. The summed E-state index contributed by atoms with van der Waals surface area (Å²) >= 11 is 0. The number of hydrogen-bond donors (Lipinski definition) is 1. The van der Waals surface area contributed by atoms with E-state index in [9.17, 15) is 18.8 Å². The summed E-state index contributed by atoms with van der Waals surface area (Å²) < 4.78 is 15.3. The van der Waals surface area contributed by atoms with Gasteiger partial charge in [0.2, 0.25) is 11.6 Å². The maximum absolute atomic E-state index is 13.6. The molecule has 0 bridgehead atoms. The van der Waals surface area contributed by atoms with Gasteiger partial charge in [0.05, 0.1) is 16.9 Å². The van der Waals surface area contributed by atoms with Crippen LogP contribution in [0.25, 0.3) is 11.3 Å². The molecule has 1 fully saturated rings. The van der Waals surface area contributed by atoms with Crippen LogP contribution in [0.15, 0.2) is 54.7 Å². The Morgan fingerprint density at radius 3 is 2.66 bits per heavy atom. The molecule has 32 heavy (non-hydrogen) atoms. The van der Waals surface area contributed by atoms with Gasteiger partial charge in [-0.3, -0.25) is 24.0 Å². The van der Waals surface area contributed by atoms with Crippen molar-refractivity contribution >= 4 is 29.1 Å². The Hall–Kier alpha value is -4.01. The van der Waals surface area contributed by atoms with E-state index in [2.05, 4.69) is 10.4 Å². The van der Waals surface area contributed by atoms with Crippen molar-refractivity contribution in [1.82, 2.24) is 14.7 Å². The van der Waals surface area contributed by atoms with E-state index in [1.54, 1.807) is 42.2 Å². The lowest BCUT2D eigenvalue weighted by molar-refractivity contribution is -0.128. The highest BCUT2D eigenvalue weighted by Gasteiger charge is 2.59. The van der Waals surface area contributed by atoms with Crippen LogP contribution in [0.5, 0.6) is 0 Å². The molecule has 0 spiro atoms. The number of fused-ring (bicyclic) bond motifs is 3. The maximum atomic E-state index is 13.6. The summed E-state index contributed by atoms with van der Waals surface area (Å²) in [4.78, 5) is 42.5.